The van der Waals surface area contributed by atoms with E-state index in [9.17, 15) is 19.2 Å². The van der Waals surface area contributed by atoms with Gasteiger partial charge in [-0.2, -0.15) is 0 Å². The molecule has 0 radical (unpaired) electrons. The minimum Gasteiger partial charge on any atom is -0.465 e. The number of carbonyl (C=O) groups excluding carboxylic acids is 4. The van der Waals surface area contributed by atoms with Gasteiger partial charge < -0.3 is 19.5 Å². The summed E-state index contributed by atoms with van der Waals surface area (Å²) in [6, 6.07) is 7.79. The lowest BCUT2D eigenvalue weighted by atomic mass is 10.1. The highest BCUT2D eigenvalue weighted by atomic mass is 32.1. The van der Waals surface area contributed by atoms with Crippen molar-refractivity contribution in [1.29, 1.82) is 0 Å². The molecule has 1 amide bonds. The maximum Gasteiger partial charge on any atom is 0.339 e. The van der Waals surface area contributed by atoms with Crippen molar-refractivity contribution in [2.75, 3.05) is 26.1 Å². The van der Waals surface area contributed by atoms with Crippen molar-refractivity contribution in [3.05, 3.63) is 51.7 Å². The molecular formula is C19H19NO7S. The lowest BCUT2D eigenvalue weighted by Gasteiger charge is -2.11. The molecule has 1 heterocycles. The largest absolute Gasteiger partial charge is 0.465 e. The molecular weight excluding hydrogens is 386 g/mol. The minimum absolute atomic E-state index is 0.0486. The average Bonchev–Trinajstić information content (AvgIpc) is 3.23. The lowest BCUT2D eigenvalue weighted by molar-refractivity contribution is -0.147. The van der Waals surface area contributed by atoms with Crippen molar-refractivity contribution < 1.29 is 33.4 Å². The van der Waals surface area contributed by atoms with E-state index in [1.54, 1.807) is 0 Å². The van der Waals surface area contributed by atoms with Gasteiger partial charge in [0.2, 0.25) is 0 Å². The van der Waals surface area contributed by atoms with Gasteiger partial charge >= 0.3 is 17.9 Å². The van der Waals surface area contributed by atoms with Gasteiger partial charge in [0, 0.05) is 4.88 Å². The van der Waals surface area contributed by atoms with Gasteiger partial charge in [0.25, 0.3) is 5.91 Å². The van der Waals surface area contributed by atoms with E-state index in [4.69, 9.17) is 4.74 Å². The molecule has 0 unspecified atom stereocenters. The number of aryl methyl sites for hydroxylation is 1. The number of methoxy groups -OCH3 is 2. The van der Waals surface area contributed by atoms with Crippen LogP contribution in [-0.2, 0) is 30.2 Å². The zero-order chi connectivity index (χ0) is 20.5. The van der Waals surface area contributed by atoms with Crippen molar-refractivity contribution in [2.45, 2.75) is 12.8 Å². The summed E-state index contributed by atoms with van der Waals surface area (Å²) in [6.07, 6.45) is 0.685. The molecule has 0 aliphatic carbocycles. The quantitative estimate of drug-likeness (QED) is 0.531. The highest BCUT2D eigenvalue weighted by molar-refractivity contribution is 7.09. The Hall–Kier alpha value is -3.20. The molecule has 0 spiro atoms. The summed E-state index contributed by atoms with van der Waals surface area (Å²) < 4.78 is 14.2. The number of thiophene rings is 1. The van der Waals surface area contributed by atoms with E-state index in [2.05, 4.69) is 14.8 Å². The number of benzene rings is 1. The molecule has 0 bridgehead atoms. The second kappa shape index (κ2) is 10.2. The SMILES string of the molecule is COC(=O)c1ccc(C(=O)OC)c(NC(=O)COC(=O)CCc2cccs2)c1. The number of ether oxygens (including phenoxy) is 3. The summed E-state index contributed by atoms with van der Waals surface area (Å²) in [4.78, 5) is 48.4. The fraction of sp³-hybridized carbons (Fsp3) is 0.263. The van der Waals surface area contributed by atoms with Crippen molar-refractivity contribution >= 4 is 40.8 Å². The number of carbonyl (C=O) groups is 4. The number of nitrogens with one attached hydrogen (secondary N) is 1. The van der Waals surface area contributed by atoms with E-state index in [1.165, 1.54) is 43.8 Å². The smallest absolute Gasteiger partial charge is 0.339 e. The number of esters is 3. The Labute approximate surface area is 165 Å². The van der Waals surface area contributed by atoms with Gasteiger partial charge in [-0.05, 0) is 36.1 Å². The van der Waals surface area contributed by atoms with E-state index in [1.807, 2.05) is 17.5 Å². The number of anilines is 1. The van der Waals surface area contributed by atoms with Crippen LogP contribution < -0.4 is 5.32 Å². The molecule has 1 aromatic carbocycles. The van der Waals surface area contributed by atoms with Crippen LogP contribution in [-0.4, -0.2) is 44.6 Å². The van der Waals surface area contributed by atoms with Crippen molar-refractivity contribution in [3.8, 4) is 0 Å². The summed E-state index contributed by atoms with van der Waals surface area (Å²) in [5.74, 6) is -2.50. The zero-order valence-electron chi connectivity index (χ0n) is 15.4. The Kier molecular flexibility index (Phi) is 7.70. The summed E-state index contributed by atoms with van der Waals surface area (Å²) in [5, 5.41) is 4.36. The predicted octanol–water partition coefficient (Wildman–Crippen LogP) is 2.44. The first kappa shape index (κ1) is 21.1. The van der Waals surface area contributed by atoms with Crippen LogP contribution >= 0.6 is 11.3 Å². The first-order valence-electron chi connectivity index (χ1n) is 8.23. The highest BCUT2D eigenvalue weighted by Crippen LogP contribution is 2.20. The van der Waals surface area contributed by atoms with E-state index in [0.29, 0.717) is 6.42 Å². The molecule has 0 aliphatic heterocycles. The van der Waals surface area contributed by atoms with Crippen LogP contribution in [0.5, 0.6) is 0 Å². The molecule has 0 saturated carbocycles. The molecule has 2 rings (SSSR count). The molecule has 148 valence electrons. The fourth-order valence-electron chi connectivity index (χ4n) is 2.27. The molecule has 9 heteroatoms. The second-order valence-corrected chi connectivity index (χ2v) is 6.56. The van der Waals surface area contributed by atoms with Crippen LogP contribution in [0.15, 0.2) is 35.7 Å². The number of hydrogen-bond donors (Lipinski definition) is 1. The van der Waals surface area contributed by atoms with E-state index >= 15 is 0 Å². The Morgan fingerprint density at radius 1 is 1.04 bits per heavy atom. The van der Waals surface area contributed by atoms with Gasteiger partial charge in [-0.1, -0.05) is 6.07 Å². The number of rotatable bonds is 8. The number of hydrogen-bond acceptors (Lipinski definition) is 8. The molecule has 1 aromatic heterocycles. The van der Waals surface area contributed by atoms with Gasteiger partial charge in [-0.3, -0.25) is 9.59 Å². The van der Waals surface area contributed by atoms with Gasteiger partial charge in [-0.25, -0.2) is 9.59 Å². The van der Waals surface area contributed by atoms with E-state index in [0.717, 1.165) is 4.88 Å². The standard InChI is InChI=1S/C19H19NO7S/c1-25-18(23)12-5-7-14(19(24)26-2)15(10-12)20-16(21)11-27-17(22)8-6-13-4-3-9-28-13/h3-5,7,9-10H,6,8,11H2,1-2H3,(H,20,21). The highest BCUT2D eigenvalue weighted by Gasteiger charge is 2.18. The Morgan fingerprint density at radius 3 is 2.43 bits per heavy atom. The summed E-state index contributed by atoms with van der Waals surface area (Å²) in [5.41, 5.74) is 0.236. The molecule has 1 N–H and O–H groups in total. The fourth-order valence-corrected chi connectivity index (χ4v) is 2.97. The zero-order valence-corrected chi connectivity index (χ0v) is 16.2. The Balaban J connectivity index is 1.97. The second-order valence-electron chi connectivity index (χ2n) is 5.53. The average molecular weight is 405 g/mol. The summed E-state index contributed by atoms with van der Waals surface area (Å²) >= 11 is 1.53. The third-order valence-electron chi connectivity index (χ3n) is 3.64. The van der Waals surface area contributed by atoms with Gasteiger partial charge in [-0.15, -0.1) is 11.3 Å². The van der Waals surface area contributed by atoms with Crippen LogP contribution in [0.4, 0.5) is 5.69 Å². The van der Waals surface area contributed by atoms with Gasteiger partial charge in [0.1, 0.15) is 0 Å². The van der Waals surface area contributed by atoms with Crippen LogP contribution in [0.1, 0.15) is 32.0 Å². The monoisotopic (exact) mass is 405 g/mol. The normalized spacial score (nSPS) is 10.1. The number of amides is 1. The topological polar surface area (TPSA) is 108 Å². The molecule has 0 fully saturated rings. The molecule has 0 saturated heterocycles. The maximum absolute atomic E-state index is 12.1. The minimum atomic E-state index is -0.695. The first-order chi connectivity index (χ1) is 13.4. The van der Waals surface area contributed by atoms with E-state index in [-0.39, 0.29) is 23.2 Å². The van der Waals surface area contributed by atoms with Crippen LogP contribution in [0.25, 0.3) is 0 Å². The summed E-state index contributed by atoms with van der Waals surface area (Å²) in [6.45, 7) is -0.521. The predicted molar refractivity (Wildman–Crippen MR) is 101 cm³/mol. The van der Waals surface area contributed by atoms with Crippen LogP contribution in [0.2, 0.25) is 0 Å². The van der Waals surface area contributed by atoms with Crippen molar-refractivity contribution in [1.82, 2.24) is 0 Å². The van der Waals surface area contributed by atoms with Crippen LogP contribution in [0.3, 0.4) is 0 Å². The molecule has 28 heavy (non-hydrogen) atoms. The van der Waals surface area contributed by atoms with Crippen LogP contribution in [0, 0.1) is 0 Å². The maximum atomic E-state index is 12.1. The summed E-state index contributed by atoms with van der Waals surface area (Å²) in [7, 11) is 2.40. The third kappa shape index (κ3) is 5.92. The van der Waals surface area contributed by atoms with Crippen molar-refractivity contribution in [2.24, 2.45) is 0 Å². The lowest BCUT2D eigenvalue weighted by Crippen LogP contribution is -2.22. The first-order valence-corrected chi connectivity index (χ1v) is 9.11. The third-order valence-corrected chi connectivity index (χ3v) is 4.58. The molecule has 2 aromatic rings. The van der Waals surface area contributed by atoms with Crippen molar-refractivity contribution in [3.63, 3.8) is 0 Å². The molecule has 0 atom stereocenters. The van der Waals surface area contributed by atoms with Gasteiger partial charge in [0.05, 0.1) is 37.5 Å². The Morgan fingerprint density at radius 2 is 1.79 bits per heavy atom. The Bertz CT molecular complexity index is 861. The molecule has 8 nitrogen and oxygen atoms in total. The van der Waals surface area contributed by atoms with Gasteiger partial charge in [0.15, 0.2) is 6.61 Å². The van der Waals surface area contributed by atoms with E-state index < -0.39 is 30.4 Å². The molecule has 0 aliphatic rings.